The molecule has 2 amide bonds. The van der Waals surface area contributed by atoms with Crippen LogP contribution in [0.1, 0.15) is 29.0 Å². The smallest absolute Gasteiger partial charge is 0.286 e. The molecule has 0 aliphatic heterocycles. The lowest BCUT2D eigenvalue weighted by molar-refractivity contribution is -0.130. The maximum atomic E-state index is 13.7. The van der Waals surface area contributed by atoms with Crippen LogP contribution in [-0.2, 0) is 11.3 Å². The van der Waals surface area contributed by atoms with Gasteiger partial charge in [0.05, 0.1) is 6.26 Å². The molecular formula is C17H18ClFN2O3. The Morgan fingerprint density at radius 3 is 2.75 bits per heavy atom. The lowest BCUT2D eigenvalue weighted by Gasteiger charge is -2.18. The van der Waals surface area contributed by atoms with Crippen LogP contribution in [0.4, 0.5) is 4.39 Å². The third-order valence-electron chi connectivity index (χ3n) is 3.48. The Bertz CT molecular complexity index is 684. The van der Waals surface area contributed by atoms with Crippen molar-refractivity contribution in [3.05, 3.63) is 58.8 Å². The van der Waals surface area contributed by atoms with E-state index < -0.39 is 5.82 Å². The summed E-state index contributed by atoms with van der Waals surface area (Å²) in [7, 11) is 1.59. The number of hydrogen-bond donors (Lipinski definition) is 1. The van der Waals surface area contributed by atoms with Gasteiger partial charge in [-0.3, -0.25) is 9.59 Å². The van der Waals surface area contributed by atoms with E-state index in [1.54, 1.807) is 25.2 Å². The van der Waals surface area contributed by atoms with Crippen molar-refractivity contribution in [3.63, 3.8) is 0 Å². The summed E-state index contributed by atoms with van der Waals surface area (Å²) < 4.78 is 18.7. The fourth-order valence-corrected chi connectivity index (χ4v) is 2.36. The molecule has 5 nitrogen and oxygen atoms in total. The first-order chi connectivity index (χ1) is 11.5. The highest BCUT2D eigenvalue weighted by Gasteiger charge is 2.14. The van der Waals surface area contributed by atoms with Crippen molar-refractivity contribution < 1.29 is 18.4 Å². The molecular weight excluding hydrogens is 335 g/mol. The molecule has 0 bridgehead atoms. The number of nitrogens with zero attached hydrogens (tertiary/aromatic N) is 1. The number of furan rings is 1. The Labute approximate surface area is 144 Å². The summed E-state index contributed by atoms with van der Waals surface area (Å²) in [5.74, 6) is -0.680. The molecule has 0 aliphatic carbocycles. The number of amides is 2. The van der Waals surface area contributed by atoms with Crippen LogP contribution in [0.15, 0.2) is 41.0 Å². The van der Waals surface area contributed by atoms with Crippen LogP contribution >= 0.6 is 11.6 Å². The van der Waals surface area contributed by atoms with Crippen LogP contribution in [0, 0.1) is 5.82 Å². The lowest BCUT2D eigenvalue weighted by atomic mass is 10.2. The zero-order valence-electron chi connectivity index (χ0n) is 13.2. The van der Waals surface area contributed by atoms with E-state index in [1.807, 2.05) is 0 Å². The van der Waals surface area contributed by atoms with Crippen molar-refractivity contribution in [2.75, 3.05) is 13.6 Å². The number of rotatable bonds is 7. The molecule has 0 radical (unpaired) electrons. The van der Waals surface area contributed by atoms with Gasteiger partial charge in [0, 0.05) is 37.1 Å². The molecule has 0 unspecified atom stereocenters. The summed E-state index contributed by atoms with van der Waals surface area (Å²) >= 11 is 5.95. The second-order valence-corrected chi connectivity index (χ2v) is 5.69. The highest BCUT2D eigenvalue weighted by atomic mass is 35.5. The zero-order valence-corrected chi connectivity index (χ0v) is 14.0. The molecule has 2 aromatic rings. The van der Waals surface area contributed by atoms with Gasteiger partial charge in [-0.25, -0.2) is 4.39 Å². The molecule has 0 spiro atoms. The standard InChI is InChI=1S/C17H18ClFN2O3/c1-21(11-12-13(18)5-2-6-14(12)19)16(22)8-3-9-20-17(23)15-7-4-10-24-15/h2,4-7,10H,3,8-9,11H2,1H3,(H,20,23). The number of benzene rings is 1. The fraction of sp³-hybridized carbons (Fsp3) is 0.294. The van der Waals surface area contributed by atoms with Gasteiger partial charge in [-0.2, -0.15) is 0 Å². The molecule has 2 rings (SSSR count). The molecule has 1 heterocycles. The third-order valence-corrected chi connectivity index (χ3v) is 3.83. The van der Waals surface area contributed by atoms with Gasteiger partial charge in [0.2, 0.25) is 5.91 Å². The number of nitrogens with one attached hydrogen (secondary N) is 1. The number of halogens is 2. The average Bonchev–Trinajstić information content (AvgIpc) is 3.09. The molecule has 24 heavy (non-hydrogen) atoms. The predicted octanol–water partition coefficient (Wildman–Crippen LogP) is 3.24. The average molecular weight is 353 g/mol. The van der Waals surface area contributed by atoms with Crippen LogP contribution in [-0.4, -0.2) is 30.3 Å². The monoisotopic (exact) mass is 352 g/mol. The Morgan fingerprint density at radius 2 is 2.08 bits per heavy atom. The second-order valence-electron chi connectivity index (χ2n) is 5.29. The van der Waals surface area contributed by atoms with Crippen molar-refractivity contribution >= 4 is 23.4 Å². The Morgan fingerprint density at radius 1 is 1.29 bits per heavy atom. The lowest BCUT2D eigenvalue weighted by Crippen LogP contribution is -2.29. The molecule has 7 heteroatoms. The van der Waals surface area contributed by atoms with Crippen LogP contribution in [0.5, 0.6) is 0 Å². The Hall–Kier alpha value is -2.34. The topological polar surface area (TPSA) is 62.6 Å². The van der Waals surface area contributed by atoms with E-state index in [9.17, 15) is 14.0 Å². The summed E-state index contributed by atoms with van der Waals surface area (Å²) in [6.45, 7) is 0.447. The van der Waals surface area contributed by atoms with Crippen molar-refractivity contribution in [2.45, 2.75) is 19.4 Å². The first-order valence-electron chi connectivity index (χ1n) is 7.47. The van der Waals surface area contributed by atoms with E-state index >= 15 is 0 Å². The number of hydrogen-bond acceptors (Lipinski definition) is 3. The molecule has 0 atom stereocenters. The summed E-state index contributed by atoms with van der Waals surface area (Å²) in [5.41, 5.74) is 0.293. The zero-order chi connectivity index (χ0) is 17.5. The van der Waals surface area contributed by atoms with Crippen molar-refractivity contribution in [2.24, 2.45) is 0 Å². The van der Waals surface area contributed by atoms with Gasteiger partial charge in [-0.05, 0) is 30.7 Å². The fourth-order valence-electron chi connectivity index (χ4n) is 2.14. The van der Waals surface area contributed by atoms with Gasteiger partial charge in [-0.1, -0.05) is 17.7 Å². The van der Waals surface area contributed by atoms with E-state index in [1.165, 1.54) is 23.3 Å². The van der Waals surface area contributed by atoms with Gasteiger partial charge in [0.1, 0.15) is 5.82 Å². The molecule has 1 N–H and O–H groups in total. The van der Waals surface area contributed by atoms with Crippen LogP contribution in [0.25, 0.3) is 0 Å². The summed E-state index contributed by atoms with van der Waals surface area (Å²) in [6.07, 6.45) is 2.13. The molecule has 1 aromatic carbocycles. The molecule has 0 aliphatic rings. The van der Waals surface area contributed by atoms with Crippen LogP contribution < -0.4 is 5.32 Å². The summed E-state index contributed by atoms with van der Waals surface area (Å²) in [5, 5.41) is 2.95. The van der Waals surface area contributed by atoms with Gasteiger partial charge in [0.15, 0.2) is 5.76 Å². The number of carbonyl (C=O) groups excluding carboxylic acids is 2. The van der Waals surface area contributed by atoms with Crippen molar-refractivity contribution in [1.29, 1.82) is 0 Å². The molecule has 0 saturated carbocycles. The van der Waals surface area contributed by atoms with Gasteiger partial charge < -0.3 is 14.6 Å². The first kappa shape index (κ1) is 18.0. The Balaban J connectivity index is 1.75. The predicted molar refractivity (Wildman–Crippen MR) is 88.2 cm³/mol. The minimum absolute atomic E-state index is 0.100. The minimum Gasteiger partial charge on any atom is -0.459 e. The van der Waals surface area contributed by atoms with E-state index in [0.29, 0.717) is 23.6 Å². The normalized spacial score (nSPS) is 10.5. The maximum Gasteiger partial charge on any atom is 0.286 e. The number of carbonyl (C=O) groups is 2. The second kappa shape index (κ2) is 8.49. The largest absolute Gasteiger partial charge is 0.459 e. The van der Waals surface area contributed by atoms with E-state index in [4.69, 9.17) is 16.0 Å². The molecule has 0 fully saturated rings. The summed E-state index contributed by atoms with van der Waals surface area (Å²) in [6, 6.07) is 7.60. The van der Waals surface area contributed by atoms with Gasteiger partial charge in [-0.15, -0.1) is 0 Å². The quantitative estimate of drug-likeness (QED) is 0.778. The maximum absolute atomic E-state index is 13.7. The Kier molecular flexibility index (Phi) is 6.37. The van der Waals surface area contributed by atoms with Crippen LogP contribution in [0.2, 0.25) is 5.02 Å². The molecule has 1 aromatic heterocycles. The SMILES string of the molecule is CN(Cc1c(F)cccc1Cl)C(=O)CCCNC(=O)c1ccco1. The van der Waals surface area contributed by atoms with E-state index in [0.717, 1.165) is 0 Å². The van der Waals surface area contributed by atoms with Crippen molar-refractivity contribution in [1.82, 2.24) is 10.2 Å². The highest BCUT2D eigenvalue weighted by Crippen LogP contribution is 2.20. The van der Waals surface area contributed by atoms with E-state index in [-0.39, 0.29) is 30.5 Å². The van der Waals surface area contributed by atoms with Gasteiger partial charge in [0.25, 0.3) is 5.91 Å². The first-order valence-corrected chi connectivity index (χ1v) is 7.85. The molecule has 0 saturated heterocycles. The van der Waals surface area contributed by atoms with E-state index in [2.05, 4.69) is 5.32 Å². The van der Waals surface area contributed by atoms with Gasteiger partial charge >= 0.3 is 0 Å². The minimum atomic E-state index is -0.437. The third kappa shape index (κ3) is 4.83. The summed E-state index contributed by atoms with van der Waals surface area (Å²) in [4.78, 5) is 25.1. The van der Waals surface area contributed by atoms with Crippen molar-refractivity contribution in [3.8, 4) is 0 Å². The van der Waals surface area contributed by atoms with Crippen LogP contribution in [0.3, 0.4) is 0 Å². The molecule has 128 valence electrons. The highest BCUT2D eigenvalue weighted by molar-refractivity contribution is 6.31.